The lowest BCUT2D eigenvalue weighted by atomic mass is 9.83. The van der Waals surface area contributed by atoms with Gasteiger partial charge in [-0.1, -0.05) is 6.92 Å². The van der Waals surface area contributed by atoms with Crippen LogP contribution in [0.2, 0.25) is 0 Å². The van der Waals surface area contributed by atoms with Crippen molar-refractivity contribution in [2.24, 2.45) is 5.92 Å². The van der Waals surface area contributed by atoms with E-state index < -0.39 is 54.5 Å². The summed E-state index contributed by atoms with van der Waals surface area (Å²) < 4.78 is 5.02. The summed E-state index contributed by atoms with van der Waals surface area (Å²) in [6.07, 6.45) is -4.97. The quantitative estimate of drug-likeness (QED) is 0.323. The Morgan fingerprint density at radius 1 is 1.43 bits per heavy atom. The molecule has 9 heteroatoms. The number of carboxylic acid groups (broad SMARTS) is 1. The van der Waals surface area contributed by atoms with Gasteiger partial charge >= 0.3 is 5.97 Å². The Bertz CT molecular complexity index is 403. The number of carbonyl (C=O) groups excluding carboxylic acids is 1. The number of ether oxygens (including phenoxy) is 1. The highest BCUT2D eigenvalue weighted by atomic mass is 16.7. The Labute approximate surface area is 121 Å². The summed E-state index contributed by atoms with van der Waals surface area (Å²) in [5.41, 5.74) is 0. The first-order valence-corrected chi connectivity index (χ1v) is 6.50. The van der Waals surface area contributed by atoms with Gasteiger partial charge in [0.25, 0.3) is 5.79 Å². The molecule has 1 rings (SSSR count). The first kappa shape index (κ1) is 17.8. The zero-order valence-electron chi connectivity index (χ0n) is 11.8. The zero-order valence-corrected chi connectivity index (χ0v) is 11.8. The van der Waals surface area contributed by atoms with E-state index in [1.54, 1.807) is 6.92 Å². The average molecular weight is 307 g/mol. The van der Waals surface area contributed by atoms with Crippen LogP contribution in [0.1, 0.15) is 20.3 Å². The maximum Gasteiger partial charge on any atom is 0.364 e. The predicted molar refractivity (Wildman–Crippen MR) is 67.9 cm³/mol. The molecule has 2 unspecified atom stereocenters. The minimum Gasteiger partial charge on any atom is -0.477 e. The van der Waals surface area contributed by atoms with Gasteiger partial charge in [0.1, 0.15) is 18.3 Å². The van der Waals surface area contributed by atoms with Gasteiger partial charge in [0, 0.05) is 13.3 Å². The van der Waals surface area contributed by atoms with E-state index in [-0.39, 0.29) is 6.42 Å². The standard InChI is InChI=1S/C12H21NO8/c1-5-3-12(20,11(18)19)21-10(8(5)13-6(2)15)9(17)7(16)4-14/h5,7-10,14,16-17,20H,3-4H2,1-2H3,(H,13,15)(H,18,19)/t5-,7-,8-,9-,10?,12?/m1/s1. The number of aliphatic carboxylic acids is 1. The van der Waals surface area contributed by atoms with E-state index >= 15 is 0 Å². The van der Waals surface area contributed by atoms with Crippen molar-refractivity contribution in [1.82, 2.24) is 5.32 Å². The van der Waals surface area contributed by atoms with E-state index in [1.165, 1.54) is 6.92 Å². The fourth-order valence-corrected chi connectivity index (χ4v) is 2.44. The summed E-state index contributed by atoms with van der Waals surface area (Å²) in [7, 11) is 0. The van der Waals surface area contributed by atoms with Crippen molar-refractivity contribution in [1.29, 1.82) is 0 Å². The van der Waals surface area contributed by atoms with Crippen molar-refractivity contribution in [3.63, 3.8) is 0 Å². The molecule has 1 saturated heterocycles. The SMILES string of the molecule is CC(=O)N[C@H]1C([C@H](O)[C@H](O)CO)OC(O)(C(=O)O)C[C@H]1C. The van der Waals surface area contributed by atoms with Gasteiger partial charge in [0.05, 0.1) is 12.6 Å². The molecule has 122 valence electrons. The highest BCUT2D eigenvalue weighted by Crippen LogP contribution is 2.33. The van der Waals surface area contributed by atoms with Crippen LogP contribution < -0.4 is 5.32 Å². The molecule has 6 N–H and O–H groups in total. The van der Waals surface area contributed by atoms with E-state index in [2.05, 4.69) is 5.32 Å². The maximum absolute atomic E-state index is 11.2. The van der Waals surface area contributed by atoms with Crippen molar-refractivity contribution in [2.75, 3.05) is 6.61 Å². The summed E-state index contributed by atoms with van der Waals surface area (Å²) >= 11 is 0. The number of hydrogen-bond donors (Lipinski definition) is 6. The van der Waals surface area contributed by atoms with Crippen LogP contribution in [0.4, 0.5) is 0 Å². The molecule has 0 spiro atoms. The Kier molecular flexibility index (Phi) is 5.65. The van der Waals surface area contributed by atoms with Gasteiger partial charge < -0.3 is 35.6 Å². The number of nitrogens with one attached hydrogen (secondary N) is 1. The van der Waals surface area contributed by atoms with Crippen LogP contribution in [-0.2, 0) is 14.3 Å². The number of carboxylic acids is 1. The van der Waals surface area contributed by atoms with E-state index in [0.717, 1.165) is 0 Å². The monoisotopic (exact) mass is 307 g/mol. The average Bonchev–Trinajstić information content (AvgIpc) is 2.39. The van der Waals surface area contributed by atoms with Crippen LogP contribution >= 0.6 is 0 Å². The van der Waals surface area contributed by atoms with Gasteiger partial charge in [-0.2, -0.15) is 0 Å². The van der Waals surface area contributed by atoms with Gasteiger partial charge in [-0.3, -0.25) is 4.79 Å². The molecule has 1 aliphatic heterocycles. The molecule has 0 aliphatic carbocycles. The normalized spacial score (nSPS) is 35.8. The highest BCUT2D eigenvalue weighted by molar-refractivity contribution is 5.76. The Balaban J connectivity index is 3.07. The molecule has 0 aromatic carbocycles. The second-order valence-corrected chi connectivity index (χ2v) is 5.32. The van der Waals surface area contributed by atoms with Crippen molar-refractivity contribution < 1.29 is 39.9 Å². The fourth-order valence-electron chi connectivity index (χ4n) is 2.44. The lowest BCUT2D eigenvalue weighted by Gasteiger charge is -2.45. The van der Waals surface area contributed by atoms with Gasteiger partial charge in [-0.15, -0.1) is 0 Å². The second-order valence-electron chi connectivity index (χ2n) is 5.32. The first-order valence-electron chi connectivity index (χ1n) is 6.50. The third-order valence-corrected chi connectivity index (χ3v) is 3.52. The minimum atomic E-state index is -2.53. The molecule has 0 radical (unpaired) electrons. The molecule has 0 saturated carbocycles. The van der Waals surface area contributed by atoms with Crippen LogP contribution in [0.3, 0.4) is 0 Å². The first-order chi connectivity index (χ1) is 9.62. The van der Waals surface area contributed by atoms with Gasteiger partial charge in [0.15, 0.2) is 0 Å². The molecular formula is C12H21NO8. The molecule has 6 atom stereocenters. The summed E-state index contributed by atoms with van der Waals surface area (Å²) in [6.45, 7) is 2.02. The minimum absolute atomic E-state index is 0.300. The molecule has 1 fully saturated rings. The number of rotatable bonds is 5. The Morgan fingerprint density at radius 2 is 2.00 bits per heavy atom. The molecule has 0 aromatic rings. The predicted octanol–water partition coefficient (Wildman–Crippen LogP) is -2.60. The van der Waals surface area contributed by atoms with Crippen molar-refractivity contribution in [3.05, 3.63) is 0 Å². The molecule has 1 aliphatic rings. The summed E-state index contributed by atoms with van der Waals surface area (Å²) in [5.74, 6) is -5.15. The maximum atomic E-state index is 11.2. The van der Waals surface area contributed by atoms with Gasteiger partial charge in [-0.25, -0.2) is 4.79 Å². The van der Waals surface area contributed by atoms with E-state index in [4.69, 9.17) is 14.9 Å². The summed E-state index contributed by atoms with van der Waals surface area (Å²) in [4.78, 5) is 22.3. The number of hydrogen-bond acceptors (Lipinski definition) is 7. The Morgan fingerprint density at radius 3 is 2.43 bits per heavy atom. The second kappa shape index (κ2) is 6.67. The smallest absolute Gasteiger partial charge is 0.364 e. The van der Waals surface area contributed by atoms with Crippen molar-refractivity contribution in [2.45, 2.75) is 50.4 Å². The molecule has 21 heavy (non-hydrogen) atoms. The van der Waals surface area contributed by atoms with Crippen molar-refractivity contribution >= 4 is 11.9 Å². The molecule has 1 amide bonds. The van der Waals surface area contributed by atoms with Gasteiger partial charge in [-0.05, 0) is 5.92 Å². The van der Waals surface area contributed by atoms with E-state index in [9.17, 15) is 24.9 Å². The van der Waals surface area contributed by atoms with Crippen LogP contribution in [0.25, 0.3) is 0 Å². The third kappa shape index (κ3) is 3.89. The number of aliphatic hydroxyl groups excluding tert-OH is 3. The summed E-state index contributed by atoms with van der Waals surface area (Å²) in [5, 5.41) is 49.8. The number of amides is 1. The Hall–Kier alpha value is -1.26. The zero-order chi connectivity index (χ0) is 16.4. The van der Waals surface area contributed by atoms with E-state index in [1.807, 2.05) is 0 Å². The molecule has 1 heterocycles. The molecular weight excluding hydrogens is 286 g/mol. The van der Waals surface area contributed by atoms with Crippen LogP contribution in [0.15, 0.2) is 0 Å². The largest absolute Gasteiger partial charge is 0.477 e. The van der Waals surface area contributed by atoms with Gasteiger partial charge in [0.2, 0.25) is 5.91 Å². The highest BCUT2D eigenvalue weighted by Gasteiger charge is 2.52. The molecule has 9 nitrogen and oxygen atoms in total. The summed E-state index contributed by atoms with van der Waals surface area (Å²) in [6, 6.07) is -0.821. The van der Waals surface area contributed by atoms with Crippen molar-refractivity contribution in [3.8, 4) is 0 Å². The number of carbonyl (C=O) groups is 2. The van der Waals surface area contributed by atoms with Crippen LogP contribution in [-0.4, -0.2) is 74.2 Å². The van der Waals surface area contributed by atoms with Crippen LogP contribution in [0, 0.1) is 5.92 Å². The third-order valence-electron chi connectivity index (χ3n) is 3.52. The fraction of sp³-hybridized carbons (Fsp3) is 0.833. The van der Waals surface area contributed by atoms with E-state index in [0.29, 0.717) is 0 Å². The lowest BCUT2D eigenvalue weighted by molar-refractivity contribution is -0.288. The van der Waals surface area contributed by atoms with Crippen LogP contribution in [0.5, 0.6) is 0 Å². The molecule has 0 bridgehead atoms. The topological polar surface area (TPSA) is 157 Å². The molecule has 0 aromatic heterocycles. The number of aliphatic hydroxyl groups is 4. The lowest BCUT2D eigenvalue weighted by Crippen LogP contribution is -2.65.